The Morgan fingerprint density at radius 3 is 2.65 bits per heavy atom. The van der Waals surface area contributed by atoms with E-state index in [9.17, 15) is 23.2 Å². The molecule has 4 amide bonds. The summed E-state index contributed by atoms with van der Waals surface area (Å²) in [5.41, 5.74) is -1.23. The number of anilines is 1. The van der Waals surface area contributed by atoms with Gasteiger partial charge in [0.1, 0.15) is 12.1 Å². The molecule has 1 aromatic carbocycles. The van der Waals surface area contributed by atoms with Crippen LogP contribution in [0.3, 0.4) is 0 Å². The van der Waals surface area contributed by atoms with Crippen LogP contribution in [0.4, 0.5) is 19.3 Å². The van der Waals surface area contributed by atoms with E-state index >= 15 is 0 Å². The largest absolute Gasteiger partial charge is 0.382 e. The predicted octanol–water partition coefficient (Wildman–Crippen LogP) is 0.860. The molecule has 124 valence electrons. The third-order valence-corrected chi connectivity index (χ3v) is 3.28. The van der Waals surface area contributed by atoms with Gasteiger partial charge in [-0.25, -0.2) is 13.6 Å². The van der Waals surface area contributed by atoms with Crippen LogP contribution in [0.1, 0.15) is 6.92 Å². The highest BCUT2D eigenvalue weighted by Crippen LogP contribution is 2.18. The molecule has 1 aliphatic rings. The van der Waals surface area contributed by atoms with Crippen LogP contribution in [-0.4, -0.2) is 48.5 Å². The van der Waals surface area contributed by atoms with Crippen molar-refractivity contribution < 1.29 is 27.9 Å². The molecule has 9 heteroatoms. The van der Waals surface area contributed by atoms with Crippen molar-refractivity contribution in [1.29, 1.82) is 0 Å². The number of ether oxygens (including phenoxy) is 1. The maximum atomic E-state index is 13.1. The van der Waals surface area contributed by atoms with Crippen LogP contribution in [0.5, 0.6) is 0 Å². The Hall–Kier alpha value is -2.55. The number of urea groups is 1. The van der Waals surface area contributed by atoms with Gasteiger partial charge < -0.3 is 15.4 Å². The van der Waals surface area contributed by atoms with Crippen molar-refractivity contribution >= 4 is 23.5 Å². The second-order valence-electron chi connectivity index (χ2n) is 5.26. The first-order valence-electron chi connectivity index (χ1n) is 6.65. The summed E-state index contributed by atoms with van der Waals surface area (Å²) in [6.07, 6.45) is 0. The quantitative estimate of drug-likeness (QED) is 0.785. The van der Waals surface area contributed by atoms with Gasteiger partial charge >= 0.3 is 6.03 Å². The molecule has 0 bridgehead atoms. The summed E-state index contributed by atoms with van der Waals surface area (Å²) in [6, 6.07) is 2.09. The fourth-order valence-corrected chi connectivity index (χ4v) is 2.20. The highest BCUT2D eigenvalue weighted by atomic mass is 19.2. The number of benzene rings is 1. The molecule has 1 saturated heterocycles. The molecule has 1 aliphatic heterocycles. The van der Waals surface area contributed by atoms with E-state index in [2.05, 4.69) is 10.6 Å². The normalized spacial score (nSPS) is 20.6. The van der Waals surface area contributed by atoms with Crippen molar-refractivity contribution in [2.75, 3.05) is 25.6 Å². The molecular weight excluding hydrogens is 312 g/mol. The molecule has 0 aromatic heterocycles. The van der Waals surface area contributed by atoms with Gasteiger partial charge in [0.15, 0.2) is 11.6 Å². The zero-order valence-corrected chi connectivity index (χ0v) is 12.5. The molecule has 23 heavy (non-hydrogen) atoms. The first kappa shape index (κ1) is 16.8. The third-order valence-electron chi connectivity index (χ3n) is 3.28. The van der Waals surface area contributed by atoms with E-state index in [1.165, 1.54) is 14.0 Å². The predicted molar refractivity (Wildman–Crippen MR) is 75.5 cm³/mol. The minimum atomic E-state index is -1.24. The molecule has 1 unspecified atom stereocenters. The summed E-state index contributed by atoms with van der Waals surface area (Å²) < 4.78 is 30.8. The van der Waals surface area contributed by atoms with E-state index in [4.69, 9.17) is 4.74 Å². The smallest absolute Gasteiger partial charge is 0.325 e. The van der Waals surface area contributed by atoms with Gasteiger partial charge in [0.25, 0.3) is 5.91 Å². The van der Waals surface area contributed by atoms with Gasteiger partial charge in [-0.3, -0.25) is 14.5 Å². The van der Waals surface area contributed by atoms with Gasteiger partial charge in [0.2, 0.25) is 5.91 Å². The fraction of sp³-hybridized carbons (Fsp3) is 0.357. The first-order chi connectivity index (χ1) is 10.8. The average molecular weight is 327 g/mol. The summed E-state index contributed by atoms with van der Waals surface area (Å²) in [4.78, 5) is 36.6. The van der Waals surface area contributed by atoms with Crippen LogP contribution >= 0.6 is 0 Å². The molecule has 1 atom stereocenters. The SMILES string of the molecule is COCC1(C)NC(=O)N(CC(=O)Nc2ccc(F)c(F)c2)C1=O. The van der Waals surface area contributed by atoms with Crippen LogP contribution < -0.4 is 10.6 Å². The Morgan fingerprint density at radius 1 is 1.35 bits per heavy atom. The number of rotatable bonds is 5. The van der Waals surface area contributed by atoms with E-state index in [1.807, 2.05) is 0 Å². The summed E-state index contributed by atoms with van der Waals surface area (Å²) in [5, 5.41) is 4.73. The van der Waals surface area contributed by atoms with Crippen molar-refractivity contribution in [1.82, 2.24) is 10.2 Å². The topological polar surface area (TPSA) is 87.7 Å². The molecule has 0 aliphatic carbocycles. The summed E-state index contributed by atoms with van der Waals surface area (Å²) >= 11 is 0. The summed E-state index contributed by atoms with van der Waals surface area (Å²) in [6.45, 7) is 0.881. The lowest BCUT2D eigenvalue weighted by Gasteiger charge is -2.20. The number of nitrogens with zero attached hydrogens (tertiary/aromatic N) is 1. The van der Waals surface area contributed by atoms with Crippen molar-refractivity contribution in [3.63, 3.8) is 0 Å². The van der Waals surface area contributed by atoms with E-state index < -0.39 is 41.6 Å². The van der Waals surface area contributed by atoms with Gasteiger partial charge in [0.05, 0.1) is 6.61 Å². The number of imide groups is 1. The number of amides is 4. The van der Waals surface area contributed by atoms with Crippen LogP contribution in [-0.2, 0) is 14.3 Å². The second kappa shape index (κ2) is 6.29. The monoisotopic (exact) mass is 327 g/mol. The Labute approximate surface area is 130 Å². The average Bonchev–Trinajstić information content (AvgIpc) is 2.67. The number of carbonyl (C=O) groups excluding carboxylic acids is 3. The van der Waals surface area contributed by atoms with Crippen LogP contribution in [0.2, 0.25) is 0 Å². The summed E-state index contributed by atoms with van der Waals surface area (Å²) in [7, 11) is 1.38. The van der Waals surface area contributed by atoms with Crippen LogP contribution in [0.15, 0.2) is 18.2 Å². The highest BCUT2D eigenvalue weighted by molar-refractivity contribution is 6.10. The number of hydrogen-bond donors (Lipinski definition) is 2. The molecular formula is C14H15F2N3O4. The molecule has 0 radical (unpaired) electrons. The molecule has 2 N–H and O–H groups in total. The minimum Gasteiger partial charge on any atom is -0.382 e. The number of carbonyl (C=O) groups is 3. The molecule has 0 spiro atoms. The molecule has 2 rings (SSSR count). The van der Waals surface area contributed by atoms with Crippen molar-refractivity contribution in [2.24, 2.45) is 0 Å². The lowest BCUT2D eigenvalue weighted by Crippen LogP contribution is -2.48. The van der Waals surface area contributed by atoms with E-state index in [0.29, 0.717) is 0 Å². The molecule has 0 saturated carbocycles. The zero-order valence-electron chi connectivity index (χ0n) is 12.5. The molecule has 1 heterocycles. The lowest BCUT2D eigenvalue weighted by atomic mass is 10.0. The van der Waals surface area contributed by atoms with Crippen molar-refractivity contribution in [2.45, 2.75) is 12.5 Å². The number of methoxy groups -OCH3 is 1. The lowest BCUT2D eigenvalue weighted by molar-refractivity contribution is -0.134. The summed E-state index contributed by atoms with van der Waals surface area (Å²) in [5.74, 6) is -3.50. The van der Waals surface area contributed by atoms with Gasteiger partial charge in [-0.1, -0.05) is 0 Å². The number of hydrogen-bond acceptors (Lipinski definition) is 4. The van der Waals surface area contributed by atoms with Crippen LogP contribution in [0.25, 0.3) is 0 Å². The standard InChI is InChI=1S/C14H15F2N3O4/c1-14(7-23-2)12(21)19(13(22)18-14)6-11(20)17-8-3-4-9(15)10(16)5-8/h3-5H,6-7H2,1-2H3,(H,17,20)(H,18,22). The maximum Gasteiger partial charge on any atom is 0.325 e. The van der Waals surface area contributed by atoms with E-state index in [0.717, 1.165) is 23.1 Å². The van der Waals surface area contributed by atoms with Gasteiger partial charge in [-0.05, 0) is 19.1 Å². The Kier molecular flexibility index (Phi) is 4.60. The third kappa shape index (κ3) is 3.45. The van der Waals surface area contributed by atoms with Crippen molar-refractivity contribution in [3.05, 3.63) is 29.8 Å². The van der Waals surface area contributed by atoms with Crippen LogP contribution in [0, 0.1) is 11.6 Å². The number of halogens is 2. The highest BCUT2D eigenvalue weighted by Gasteiger charge is 2.48. The molecule has 7 nitrogen and oxygen atoms in total. The molecule has 1 aromatic rings. The first-order valence-corrected chi connectivity index (χ1v) is 6.65. The van der Waals surface area contributed by atoms with E-state index in [1.54, 1.807) is 0 Å². The Morgan fingerprint density at radius 2 is 2.04 bits per heavy atom. The van der Waals surface area contributed by atoms with Gasteiger partial charge in [0, 0.05) is 18.9 Å². The van der Waals surface area contributed by atoms with Crippen molar-refractivity contribution in [3.8, 4) is 0 Å². The van der Waals surface area contributed by atoms with E-state index in [-0.39, 0.29) is 12.3 Å². The molecule has 1 fully saturated rings. The fourth-order valence-electron chi connectivity index (χ4n) is 2.20. The maximum absolute atomic E-state index is 13.1. The number of nitrogens with one attached hydrogen (secondary N) is 2. The Balaban J connectivity index is 2.04. The second-order valence-corrected chi connectivity index (χ2v) is 5.26. The van der Waals surface area contributed by atoms with Gasteiger partial charge in [-0.15, -0.1) is 0 Å². The van der Waals surface area contributed by atoms with Gasteiger partial charge in [-0.2, -0.15) is 0 Å². The minimum absolute atomic E-state index is 0.0145. The Bertz CT molecular complexity index is 667. The zero-order chi connectivity index (χ0) is 17.2.